The van der Waals surface area contributed by atoms with Gasteiger partial charge in [-0.2, -0.15) is 0 Å². The van der Waals surface area contributed by atoms with E-state index in [0.717, 1.165) is 27.7 Å². The van der Waals surface area contributed by atoms with Gasteiger partial charge in [-0.1, -0.05) is 159 Å². The average molecular weight is 725 g/mol. The molecule has 0 saturated carbocycles. The Kier molecular flexibility index (Phi) is 6.72. The van der Waals surface area contributed by atoms with Crippen LogP contribution >= 0.6 is 0 Å². The van der Waals surface area contributed by atoms with Crippen molar-refractivity contribution in [3.8, 4) is 44.6 Å². The lowest BCUT2D eigenvalue weighted by atomic mass is 9.78. The fourth-order valence-electron chi connectivity index (χ4n) is 9.87. The number of fused-ring (bicyclic) bond motifs is 13. The van der Waals surface area contributed by atoms with Crippen LogP contribution < -0.4 is 0 Å². The lowest BCUT2D eigenvalue weighted by molar-refractivity contribution is 0.662. The Morgan fingerprint density at radius 1 is 0.404 bits per heavy atom. The Morgan fingerprint density at radius 2 is 0.982 bits per heavy atom. The molecule has 0 aliphatic heterocycles. The predicted molar refractivity (Wildman–Crippen MR) is 241 cm³/mol. The van der Waals surface area contributed by atoms with E-state index >= 15 is 0 Å². The molecule has 9 aromatic carbocycles. The number of aromatic nitrogens is 2. The number of benzene rings is 9. The molecule has 0 saturated heterocycles. The van der Waals surface area contributed by atoms with Crippen LogP contribution in [0.2, 0.25) is 0 Å². The van der Waals surface area contributed by atoms with Crippen molar-refractivity contribution >= 4 is 64.9 Å². The maximum atomic E-state index is 5.40. The number of para-hydroxylation sites is 1. The van der Waals surface area contributed by atoms with Gasteiger partial charge in [0.2, 0.25) is 0 Å². The third-order valence-electron chi connectivity index (χ3n) is 12.6. The lowest BCUT2D eigenvalue weighted by Crippen LogP contribution is -2.16. The molecule has 0 fully saturated rings. The van der Waals surface area contributed by atoms with Crippen LogP contribution in [-0.2, 0) is 5.41 Å². The van der Waals surface area contributed by atoms with E-state index in [-0.39, 0.29) is 5.41 Å². The van der Waals surface area contributed by atoms with Crippen LogP contribution in [0.5, 0.6) is 0 Å². The van der Waals surface area contributed by atoms with E-state index in [0.29, 0.717) is 0 Å². The fraction of sp³-hybridized carbons (Fsp3) is 0.0545. The van der Waals surface area contributed by atoms with Crippen molar-refractivity contribution in [2.24, 2.45) is 0 Å². The van der Waals surface area contributed by atoms with E-state index in [9.17, 15) is 0 Å². The van der Waals surface area contributed by atoms with Gasteiger partial charge in [0.05, 0.1) is 16.7 Å². The highest BCUT2D eigenvalue weighted by molar-refractivity contribution is 6.26. The summed E-state index contributed by atoms with van der Waals surface area (Å²) >= 11 is 0. The first-order valence-electron chi connectivity index (χ1n) is 19.8. The second-order valence-corrected chi connectivity index (χ2v) is 16.1. The zero-order chi connectivity index (χ0) is 37.8. The van der Waals surface area contributed by atoms with Gasteiger partial charge in [0.15, 0.2) is 0 Å². The minimum Gasteiger partial charge on any atom is -0.256 e. The molecule has 0 bridgehead atoms. The van der Waals surface area contributed by atoms with Crippen LogP contribution in [0.1, 0.15) is 25.0 Å². The van der Waals surface area contributed by atoms with Crippen molar-refractivity contribution in [2.75, 3.05) is 0 Å². The van der Waals surface area contributed by atoms with E-state index in [4.69, 9.17) is 9.97 Å². The summed E-state index contributed by atoms with van der Waals surface area (Å²) in [5, 5.41) is 12.4. The van der Waals surface area contributed by atoms with E-state index in [1.165, 1.54) is 93.0 Å². The molecule has 0 spiro atoms. The van der Waals surface area contributed by atoms with Crippen molar-refractivity contribution in [3.63, 3.8) is 0 Å². The van der Waals surface area contributed by atoms with Gasteiger partial charge in [0.25, 0.3) is 0 Å². The van der Waals surface area contributed by atoms with Crippen LogP contribution in [0, 0.1) is 0 Å². The Morgan fingerprint density at radius 3 is 1.74 bits per heavy atom. The van der Waals surface area contributed by atoms with Crippen LogP contribution in [0.15, 0.2) is 182 Å². The number of rotatable bonds is 3. The lowest BCUT2D eigenvalue weighted by Gasteiger charge is -2.25. The Bertz CT molecular complexity index is 3460. The monoisotopic (exact) mass is 724 g/mol. The molecule has 2 heterocycles. The molecule has 57 heavy (non-hydrogen) atoms. The third kappa shape index (κ3) is 4.71. The van der Waals surface area contributed by atoms with Crippen molar-refractivity contribution in [1.29, 1.82) is 0 Å². The van der Waals surface area contributed by atoms with Crippen LogP contribution in [-0.4, -0.2) is 9.97 Å². The van der Waals surface area contributed by atoms with Gasteiger partial charge < -0.3 is 0 Å². The van der Waals surface area contributed by atoms with E-state index in [1.807, 2.05) is 12.3 Å². The second kappa shape index (κ2) is 11.9. The minimum atomic E-state index is -0.201. The van der Waals surface area contributed by atoms with Crippen molar-refractivity contribution in [2.45, 2.75) is 19.3 Å². The van der Waals surface area contributed by atoms with Gasteiger partial charge in [0.1, 0.15) is 0 Å². The summed E-state index contributed by atoms with van der Waals surface area (Å²) in [6.45, 7) is 4.72. The molecule has 0 amide bonds. The van der Waals surface area contributed by atoms with Gasteiger partial charge in [0, 0.05) is 33.5 Å². The molecule has 12 rings (SSSR count). The van der Waals surface area contributed by atoms with Crippen molar-refractivity contribution in [3.05, 3.63) is 193 Å². The zero-order valence-corrected chi connectivity index (χ0v) is 31.7. The van der Waals surface area contributed by atoms with E-state index in [1.54, 1.807) is 0 Å². The summed E-state index contributed by atoms with van der Waals surface area (Å²) in [7, 11) is 0. The van der Waals surface area contributed by atoms with Crippen LogP contribution in [0.4, 0.5) is 0 Å². The number of hydrogen-bond acceptors (Lipinski definition) is 2. The van der Waals surface area contributed by atoms with Crippen molar-refractivity contribution in [1.82, 2.24) is 9.97 Å². The van der Waals surface area contributed by atoms with Gasteiger partial charge in [-0.25, -0.2) is 4.98 Å². The third-order valence-corrected chi connectivity index (χ3v) is 12.6. The van der Waals surface area contributed by atoms with Gasteiger partial charge >= 0.3 is 0 Å². The summed E-state index contributed by atoms with van der Waals surface area (Å²) in [5.74, 6) is 0. The maximum Gasteiger partial charge on any atom is 0.0759 e. The number of hydrogen-bond donors (Lipinski definition) is 0. The summed E-state index contributed by atoms with van der Waals surface area (Å²) in [5.41, 5.74) is 14.1. The Balaban J connectivity index is 1.01. The molecule has 2 aromatic heterocycles. The molecule has 2 nitrogen and oxygen atoms in total. The molecule has 1 aliphatic rings. The standard InChI is InChI=1S/C55H36N2/c1-55(2)48-17-9-8-16-45(48)54-53(55)51(52-40-13-5-3-11-34(40)25-28-50(52)57-54)35-21-19-33(20-22-35)36-23-26-43-44-27-24-37(39-29-38-12-4-10-18-49(38)56-32-39)31-47(44)42-15-7-6-14-41(42)46(43)30-36/h3-32H,1-2H3. The summed E-state index contributed by atoms with van der Waals surface area (Å²) < 4.78 is 0. The summed E-state index contributed by atoms with van der Waals surface area (Å²) in [6.07, 6.45) is 2.00. The van der Waals surface area contributed by atoms with E-state index < -0.39 is 0 Å². The molecule has 0 radical (unpaired) electrons. The number of nitrogens with zero attached hydrogens (tertiary/aromatic N) is 2. The Hall–Kier alpha value is -7.16. The number of pyridine rings is 2. The predicted octanol–water partition coefficient (Wildman–Crippen LogP) is 14.7. The molecular weight excluding hydrogens is 689 g/mol. The average Bonchev–Trinajstić information content (AvgIpc) is 3.50. The molecule has 1 aliphatic carbocycles. The molecule has 266 valence electrons. The first kappa shape index (κ1) is 32.1. The first-order valence-corrected chi connectivity index (χ1v) is 19.8. The molecular formula is C55H36N2. The quantitative estimate of drug-likeness (QED) is 0.170. The van der Waals surface area contributed by atoms with Crippen LogP contribution in [0.25, 0.3) is 110 Å². The minimum absolute atomic E-state index is 0.201. The van der Waals surface area contributed by atoms with Crippen LogP contribution in [0.3, 0.4) is 0 Å². The summed E-state index contributed by atoms with van der Waals surface area (Å²) in [4.78, 5) is 10.2. The first-order chi connectivity index (χ1) is 28.0. The fourth-order valence-corrected chi connectivity index (χ4v) is 9.87. The summed E-state index contributed by atoms with van der Waals surface area (Å²) in [6, 6.07) is 64.6. The zero-order valence-electron chi connectivity index (χ0n) is 31.7. The molecule has 0 unspecified atom stereocenters. The highest BCUT2D eigenvalue weighted by Gasteiger charge is 2.39. The molecule has 0 atom stereocenters. The van der Waals surface area contributed by atoms with Gasteiger partial charge in [-0.3, -0.25) is 4.98 Å². The van der Waals surface area contributed by atoms with Gasteiger partial charge in [-0.05, 0) is 112 Å². The highest BCUT2D eigenvalue weighted by Crippen LogP contribution is 2.54. The topological polar surface area (TPSA) is 25.8 Å². The molecule has 11 aromatic rings. The molecule has 0 N–H and O–H groups in total. The maximum absolute atomic E-state index is 5.40. The van der Waals surface area contributed by atoms with E-state index in [2.05, 4.69) is 184 Å². The van der Waals surface area contributed by atoms with Gasteiger partial charge in [-0.15, -0.1) is 0 Å². The second-order valence-electron chi connectivity index (χ2n) is 16.1. The molecule has 2 heteroatoms. The normalized spacial score (nSPS) is 13.2. The Labute approximate surface area is 330 Å². The SMILES string of the molecule is CC1(C)c2ccccc2-c2nc3ccc4ccccc4c3c(-c3ccc(-c4ccc5c6ccc(-c7cnc8ccccc8c7)cc6c6ccccc6c5c4)cc3)c21. The highest BCUT2D eigenvalue weighted by atomic mass is 14.7. The van der Waals surface area contributed by atoms with Crippen molar-refractivity contribution < 1.29 is 0 Å². The largest absolute Gasteiger partial charge is 0.256 e. The smallest absolute Gasteiger partial charge is 0.0759 e.